The summed E-state index contributed by atoms with van der Waals surface area (Å²) in [6.45, 7) is 0. The van der Waals surface area contributed by atoms with E-state index >= 15 is 0 Å². The number of halogens is 1. The Kier molecular flexibility index (Phi) is 2.68. The van der Waals surface area contributed by atoms with Crippen LogP contribution in [0.15, 0.2) is 24.3 Å². The number of nitrogens with two attached hydrogens (primary N) is 1. The lowest BCUT2D eigenvalue weighted by Gasteiger charge is -1.99. The summed E-state index contributed by atoms with van der Waals surface area (Å²) < 4.78 is 12.7. The van der Waals surface area contributed by atoms with Gasteiger partial charge in [0, 0.05) is 6.42 Å². The van der Waals surface area contributed by atoms with Gasteiger partial charge < -0.3 is 5.73 Å². The van der Waals surface area contributed by atoms with E-state index in [-0.39, 0.29) is 11.6 Å². The molecule has 4 nitrogen and oxygen atoms in total. The quantitative estimate of drug-likeness (QED) is 0.769. The lowest BCUT2D eigenvalue weighted by atomic mass is 10.1. The van der Waals surface area contributed by atoms with Gasteiger partial charge in [0.05, 0.1) is 11.3 Å². The molecule has 0 atom stereocenters. The number of carbonyl (C=O) groups is 1. The van der Waals surface area contributed by atoms with Gasteiger partial charge in [0.1, 0.15) is 5.82 Å². The topological polar surface area (TPSA) is 71.8 Å². The van der Waals surface area contributed by atoms with Crippen molar-refractivity contribution in [1.29, 1.82) is 0 Å². The first kappa shape index (κ1) is 10.4. The molecule has 0 unspecified atom stereocenters. The minimum Gasteiger partial charge on any atom is -0.382 e. The SMILES string of the molecule is Nc1n[nH]c(Cc2ccc(F)cc2)c1C=O. The molecule has 1 aromatic carbocycles. The lowest BCUT2D eigenvalue weighted by Crippen LogP contribution is -1.95. The van der Waals surface area contributed by atoms with Crippen LogP contribution in [0.3, 0.4) is 0 Å². The van der Waals surface area contributed by atoms with Crippen LogP contribution < -0.4 is 5.73 Å². The molecule has 0 spiro atoms. The summed E-state index contributed by atoms with van der Waals surface area (Å²) in [5, 5.41) is 6.44. The first-order chi connectivity index (χ1) is 7.70. The van der Waals surface area contributed by atoms with Gasteiger partial charge in [-0.2, -0.15) is 5.10 Å². The number of nitrogens with one attached hydrogen (secondary N) is 1. The number of H-pyrrole nitrogens is 1. The molecule has 0 bridgehead atoms. The van der Waals surface area contributed by atoms with Crippen LogP contribution in [-0.4, -0.2) is 16.5 Å². The van der Waals surface area contributed by atoms with Gasteiger partial charge in [0.25, 0.3) is 0 Å². The van der Waals surface area contributed by atoms with Crippen LogP contribution in [0.1, 0.15) is 21.6 Å². The van der Waals surface area contributed by atoms with Gasteiger partial charge >= 0.3 is 0 Å². The van der Waals surface area contributed by atoms with Crippen molar-refractivity contribution in [2.24, 2.45) is 0 Å². The van der Waals surface area contributed by atoms with Crippen molar-refractivity contribution < 1.29 is 9.18 Å². The summed E-state index contributed by atoms with van der Waals surface area (Å²) in [6, 6.07) is 6.05. The highest BCUT2D eigenvalue weighted by atomic mass is 19.1. The number of benzene rings is 1. The second-order valence-electron chi connectivity index (χ2n) is 3.42. The molecule has 0 amide bonds. The predicted octanol–water partition coefficient (Wildman–Crippen LogP) is 1.53. The van der Waals surface area contributed by atoms with E-state index in [1.54, 1.807) is 12.1 Å². The average Bonchev–Trinajstić information content (AvgIpc) is 2.63. The van der Waals surface area contributed by atoms with Crippen molar-refractivity contribution >= 4 is 12.1 Å². The molecular formula is C11H10FN3O. The van der Waals surface area contributed by atoms with E-state index in [0.29, 0.717) is 24.0 Å². The summed E-state index contributed by atoms with van der Waals surface area (Å²) in [5.41, 5.74) is 7.38. The molecule has 1 heterocycles. The standard InChI is InChI=1S/C11H10FN3O/c12-8-3-1-7(2-4-8)5-10-9(6-16)11(13)15-14-10/h1-4,6H,5H2,(H3,13,14,15). The molecule has 0 aliphatic carbocycles. The van der Waals surface area contributed by atoms with Crippen LogP contribution in [0.25, 0.3) is 0 Å². The Morgan fingerprint density at radius 3 is 2.69 bits per heavy atom. The number of carbonyl (C=O) groups excluding carboxylic acids is 1. The Labute approximate surface area is 91.3 Å². The number of anilines is 1. The zero-order chi connectivity index (χ0) is 11.5. The van der Waals surface area contributed by atoms with Gasteiger partial charge in [-0.15, -0.1) is 0 Å². The molecule has 0 aliphatic heterocycles. The number of hydrogen-bond donors (Lipinski definition) is 2. The zero-order valence-corrected chi connectivity index (χ0v) is 8.40. The Hall–Kier alpha value is -2.17. The van der Waals surface area contributed by atoms with Crippen molar-refractivity contribution in [2.75, 3.05) is 5.73 Å². The maximum Gasteiger partial charge on any atom is 0.156 e. The van der Waals surface area contributed by atoms with Gasteiger partial charge in [0.2, 0.25) is 0 Å². The molecule has 0 fully saturated rings. The molecule has 0 aliphatic rings. The van der Waals surface area contributed by atoms with Crippen molar-refractivity contribution in [3.8, 4) is 0 Å². The number of rotatable bonds is 3. The second kappa shape index (κ2) is 4.14. The molecule has 0 saturated carbocycles. The van der Waals surface area contributed by atoms with Crippen molar-refractivity contribution in [3.63, 3.8) is 0 Å². The van der Waals surface area contributed by atoms with Crippen molar-refractivity contribution in [2.45, 2.75) is 6.42 Å². The maximum atomic E-state index is 12.7. The van der Waals surface area contributed by atoms with Crippen LogP contribution in [0, 0.1) is 5.82 Å². The molecule has 82 valence electrons. The van der Waals surface area contributed by atoms with E-state index < -0.39 is 0 Å². The Morgan fingerprint density at radius 2 is 2.06 bits per heavy atom. The summed E-state index contributed by atoms with van der Waals surface area (Å²) in [7, 11) is 0. The summed E-state index contributed by atoms with van der Waals surface area (Å²) in [5.74, 6) is -0.101. The highest BCUT2D eigenvalue weighted by Gasteiger charge is 2.09. The second-order valence-corrected chi connectivity index (χ2v) is 3.42. The fourth-order valence-electron chi connectivity index (χ4n) is 1.48. The zero-order valence-electron chi connectivity index (χ0n) is 8.40. The number of nitrogen functional groups attached to an aromatic ring is 1. The molecule has 0 saturated heterocycles. The monoisotopic (exact) mass is 219 g/mol. The van der Waals surface area contributed by atoms with Crippen LogP contribution in [-0.2, 0) is 6.42 Å². The number of aldehydes is 1. The molecule has 0 radical (unpaired) electrons. The molecule has 5 heteroatoms. The van der Waals surface area contributed by atoms with Crippen LogP contribution in [0.5, 0.6) is 0 Å². The number of aromatic nitrogens is 2. The van der Waals surface area contributed by atoms with Crippen LogP contribution in [0.4, 0.5) is 10.2 Å². The number of aromatic amines is 1. The summed E-state index contributed by atoms with van der Waals surface area (Å²) in [6.07, 6.45) is 1.14. The molecular weight excluding hydrogens is 209 g/mol. The Morgan fingerprint density at radius 1 is 1.38 bits per heavy atom. The smallest absolute Gasteiger partial charge is 0.156 e. The Balaban J connectivity index is 2.26. The van der Waals surface area contributed by atoms with Gasteiger partial charge in [-0.25, -0.2) is 4.39 Å². The van der Waals surface area contributed by atoms with Crippen molar-refractivity contribution in [3.05, 3.63) is 46.9 Å². The van der Waals surface area contributed by atoms with Gasteiger partial charge in [-0.05, 0) is 17.7 Å². The van der Waals surface area contributed by atoms with Gasteiger partial charge in [-0.3, -0.25) is 9.89 Å². The first-order valence-electron chi connectivity index (χ1n) is 4.73. The van der Waals surface area contributed by atoms with E-state index in [4.69, 9.17) is 5.73 Å². The van der Waals surface area contributed by atoms with Gasteiger partial charge in [-0.1, -0.05) is 12.1 Å². The molecule has 3 N–H and O–H groups in total. The first-order valence-corrected chi connectivity index (χ1v) is 4.73. The largest absolute Gasteiger partial charge is 0.382 e. The fourth-order valence-corrected chi connectivity index (χ4v) is 1.48. The van der Waals surface area contributed by atoms with Crippen LogP contribution >= 0.6 is 0 Å². The summed E-state index contributed by atoms with van der Waals surface area (Å²) >= 11 is 0. The molecule has 2 aromatic rings. The fraction of sp³-hybridized carbons (Fsp3) is 0.0909. The minimum atomic E-state index is -0.288. The van der Waals surface area contributed by atoms with E-state index in [1.807, 2.05) is 0 Å². The summed E-state index contributed by atoms with van der Waals surface area (Å²) in [4.78, 5) is 10.8. The Bertz CT molecular complexity index is 504. The highest BCUT2D eigenvalue weighted by Crippen LogP contribution is 2.15. The maximum absolute atomic E-state index is 12.7. The third kappa shape index (κ3) is 1.93. The molecule has 2 rings (SSSR count). The molecule has 1 aromatic heterocycles. The normalized spacial score (nSPS) is 10.3. The highest BCUT2D eigenvalue weighted by molar-refractivity contribution is 5.83. The van der Waals surface area contributed by atoms with Crippen molar-refractivity contribution in [1.82, 2.24) is 10.2 Å². The van der Waals surface area contributed by atoms with E-state index in [1.165, 1.54) is 12.1 Å². The lowest BCUT2D eigenvalue weighted by molar-refractivity contribution is 0.112. The predicted molar refractivity (Wildman–Crippen MR) is 57.6 cm³/mol. The van der Waals surface area contributed by atoms with Crippen LogP contribution in [0.2, 0.25) is 0 Å². The van der Waals surface area contributed by atoms with Gasteiger partial charge in [0.15, 0.2) is 12.1 Å². The van der Waals surface area contributed by atoms with E-state index in [9.17, 15) is 9.18 Å². The minimum absolute atomic E-state index is 0.187. The number of hydrogen-bond acceptors (Lipinski definition) is 3. The van der Waals surface area contributed by atoms with E-state index in [2.05, 4.69) is 10.2 Å². The van der Waals surface area contributed by atoms with E-state index in [0.717, 1.165) is 5.56 Å². The molecule has 16 heavy (non-hydrogen) atoms. The third-order valence-corrected chi connectivity index (χ3v) is 2.32. The third-order valence-electron chi connectivity index (χ3n) is 2.32. The average molecular weight is 219 g/mol. The number of nitrogens with zero attached hydrogens (tertiary/aromatic N) is 1.